The van der Waals surface area contributed by atoms with Crippen LogP contribution in [0.5, 0.6) is 0 Å². The molecule has 0 aliphatic heterocycles. The number of hydrogen-bond donors (Lipinski definition) is 1. The highest BCUT2D eigenvalue weighted by atomic mass is 35.5. The van der Waals surface area contributed by atoms with Crippen molar-refractivity contribution in [3.63, 3.8) is 0 Å². The summed E-state index contributed by atoms with van der Waals surface area (Å²) in [7, 11) is -4.04. The predicted molar refractivity (Wildman–Crippen MR) is 97.4 cm³/mol. The van der Waals surface area contributed by atoms with Crippen LogP contribution in [-0.4, -0.2) is 30.1 Å². The molecule has 0 heterocycles. The molecule has 0 aromatic heterocycles. The summed E-state index contributed by atoms with van der Waals surface area (Å²) in [5.74, 6) is 0. The molecular formula is C18H20ClNO4S. The predicted octanol–water partition coefficient (Wildman–Crippen LogP) is 4.59. The molecule has 0 bridgehead atoms. The van der Waals surface area contributed by atoms with E-state index in [4.69, 9.17) is 11.6 Å². The van der Waals surface area contributed by atoms with Crippen LogP contribution in [0.1, 0.15) is 31.7 Å². The molecule has 134 valence electrons. The average molecular weight is 382 g/mol. The Labute approximate surface area is 152 Å². The minimum atomic E-state index is -4.04. The Morgan fingerprint density at radius 1 is 1.04 bits per heavy atom. The Bertz CT molecular complexity index is 860. The van der Waals surface area contributed by atoms with Crippen molar-refractivity contribution in [2.75, 3.05) is 0 Å². The van der Waals surface area contributed by atoms with Crippen LogP contribution >= 0.6 is 11.6 Å². The van der Waals surface area contributed by atoms with Crippen molar-refractivity contribution in [3.8, 4) is 0 Å². The van der Waals surface area contributed by atoms with Crippen LogP contribution in [0.25, 0.3) is 0 Å². The first kappa shape index (κ1) is 19.3. The standard InChI is InChI=1S/C18H20ClNO4S/c1-18(2,3)20(17(21)22)16(14-11-7-8-12-15(14)19)25(23,24)13-9-5-4-6-10-13/h4-12,16H,1-3H3,(H,21,22). The quantitative estimate of drug-likeness (QED) is 0.840. The number of carbonyl (C=O) groups is 1. The molecule has 1 unspecified atom stereocenters. The highest BCUT2D eigenvalue weighted by Crippen LogP contribution is 2.39. The lowest BCUT2D eigenvalue weighted by atomic mass is 10.1. The van der Waals surface area contributed by atoms with Crippen LogP contribution in [0.15, 0.2) is 59.5 Å². The van der Waals surface area contributed by atoms with Gasteiger partial charge in [0, 0.05) is 16.1 Å². The first-order chi connectivity index (χ1) is 11.6. The maximum Gasteiger partial charge on any atom is 0.409 e. The second kappa shape index (κ2) is 7.06. The molecule has 0 saturated heterocycles. The maximum atomic E-state index is 13.3. The van der Waals surface area contributed by atoms with E-state index in [-0.39, 0.29) is 15.5 Å². The van der Waals surface area contributed by atoms with E-state index in [1.165, 1.54) is 18.2 Å². The molecule has 0 aliphatic carbocycles. The minimum absolute atomic E-state index is 0.0374. The molecular weight excluding hydrogens is 362 g/mol. The van der Waals surface area contributed by atoms with Gasteiger partial charge in [0.25, 0.3) is 0 Å². The van der Waals surface area contributed by atoms with Gasteiger partial charge in [-0.05, 0) is 39.0 Å². The van der Waals surface area contributed by atoms with E-state index in [1.54, 1.807) is 57.2 Å². The van der Waals surface area contributed by atoms with Crippen LogP contribution in [-0.2, 0) is 9.84 Å². The number of hydrogen-bond acceptors (Lipinski definition) is 3. The zero-order valence-electron chi connectivity index (χ0n) is 14.2. The van der Waals surface area contributed by atoms with Crippen LogP contribution in [0, 0.1) is 0 Å². The summed E-state index contributed by atoms with van der Waals surface area (Å²) < 4.78 is 26.6. The van der Waals surface area contributed by atoms with Crippen LogP contribution in [0.2, 0.25) is 5.02 Å². The molecule has 7 heteroatoms. The molecule has 2 aromatic rings. The van der Waals surface area contributed by atoms with Gasteiger partial charge in [-0.15, -0.1) is 0 Å². The van der Waals surface area contributed by atoms with Gasteiger partial charge in [-0.25, -0.2) is 13.2 Å². The van der Waals surface area contributed by atoms with Crippen molar-refractivity contribution in [3.05, 3.63) is 65.2 Å². The Hall–Kier alpha value is -2.05. The fraction of sp³-hybridized carbons (Fsp3) is 0.278. The molecule has 2 aromatic carbocycles. The molecule has 0 saturated carbocycles. The van der Waals surface area contributed by atoms with E-state index in [2.05, 4.69) is 0 Å². The second-order valence-electron chi connectivity index (χ2n) is 6.56. The maximum absolute atomic E-state index is 13.3. The fourth-order valence-corrected chi connectivity index (χ4v) is 4.92. The van der Waals surface area contributed by atoms with Crippen molar-refractivity contribution in [1.29, 1.82) is 0 Å². The van der Waals surface area contributed by atoms with Crippen molar-refractivity contribution in [2.45, 2.75) is 36.6 Å². The molecule has 1 atom stereocenters. The molecule has 0 aliphatic rings. The van der Waals surface area contributed by atoms with Gasteiger partial charge in [0.15, 0.2) is 5.37 Å². The molecule has 1 amide bonds. The number of nitrogens with zero attached hydrogens (tertiary/aromatic N) is 1. The van der Waals surface area contributed by atoms with Gasteiger partial charge in [-0.2, -0.15) is 0 Å². The minimum Gasteiger partial charge on any atom is -0.465 e. The highest BCUT2D eigenvalue weighted by molar-refractivity contribution is 7.91. The number of halogens is 1. The first-order valence-corrected chi connectivity index (χ1v) is 9.55. The van der Waals surface area contributed by atoms with E-state index in [0.717, 1.165) is 4.90 Å². The number of carboxylic acid groups (broad SMARTS) is 1. The summed E-state index contributed by atoms with van der Waals surface area (Å²) in [5, 5.41) is 8.50. The molecule has 0 spiro atoms. The number of sulfone groups is 1. The Morgan fingerprint density at radius 2 is 1.56 bits per heavy atom. The van der Waals surface area contributed by atoms with E-state index in [1.807, 2.05) is 0 Å². The van der Waals surface area contributed by atoms with Gasteiger partial charge in [0.1, 0.15) is 0 Å². The summed E-state index contributed by atoms with van der Waals surface area (Å²) in [6.07, 6.45) is -1.34. The Morgan fingerprint density at radius 3 is 2.04 bits per heavy atom. The molecule has 1 N–H and O–H groups in total. The molecule has 25 heavy (non-hydrogen) atoms. The van der Waals surface area contributed by atoms with E-state index in [0.29, 0.717) is 0 Å². The van der Waals surface area contributed by atoms with E-state index >= 15 is 0 Å². The van der Waals surface area contributed by atoms with Crippen molar-refractivity contribution >= 4 is 27.5 Å². The molecule has 5 nitrogen and oxygen atoms in total. The summed E-state index contributed by atoms with van der Waals surface area (Å²) in [5.41, 5.74) is -0.734. The zero-order valence-corrected chi connectivity index (χ0v) is 15.8. The van der Waals surface area contributed by atoms with Crippen molar-refractivity contribution in [1.82, 2.24) is 4.90 Å². The molecule has 0 fully saturated rings. The van der Waals surface area contributed by atoms with Crippen molar-refractivity contribution in [2.24, 2.45) is 0 Å². The highest BCUT2D eigenvalue weighted by Gasteiger charge is 2.43. The third kappa shape index (κ3) is 3.96. The Kier molecular flexibility index (Phi) is 5.44. The zero-order chi connectivity index (χ0) is 18.8. The average Bonchev–Trinajstić information content (AvgIpc) is 2.52. The van der Waals surface area contributed by atoms with Crippen LogP contribution in [0.3, 0.4) is 0 Å². The van der Waals surface area contributed by atoms with Crippen LogP contribution < -0.4 is 0 Å². The molecule has 2 rings (SSSR count). The largest absolute Gasteiger partial charge is 0.465 e. The van der Waals surface area contributed by atoms with E-state index < -0.39 is 26.8 Å². The number of benzene rings is 2. The summed E-state index contributed by atoms with van der Waals surface area (Å²) in [4.78, 5) is 12.9. The number of rotatable bonds is 4. The smallest absolute Gasteiger partial charge is 0.409 e. The summed E-state index contributed by atoms with van der Waals surface area (Å²) in [6.45, 7) is 4.93. The topological polar surface area (TPSA) is 74.7 Å². The normalized spacial score (nSPS) is 13.3. The van der Waals surface area contributed by atoms with Gasteiger partial charge in [0.05, 0.1) is 4.90 Å². The second-order valence-corrected chi connectivity index (χ2v) is 8.97. The third-order valence-electron chi connectivity index (χ3n) is 3.70. The lowest BCUT2D eigenvalue weighted by Gasteiger charge is -2.39. The summed E-state index contributed by atoms with van der Waals surface area (Å²) >= 11 is 6.23. The van der Waals surface area contributed by atoms with Gasteiger partial charge in [-0.1, -0.05) is 48.0 Å². The van der Waals surface area contributed by atoms with Gasteiger partial charge >= 0.3 is 6.09 Å². The first-order valence-electron chi connectivity index (χ1n) is 7.62. The lowest BCUT2D eigenvalue weighted by molar-refractivity contribution is 0.0904. The van der Waals surface area contributed by atoms with Gasteiger partial charge < -0.3 is 5.11 Å². The Balaban J connectivity index is 2.78. The van der Waals surface area contributed by atoms with Gasteiger partial charge in [0.2, 0.25) is 9.84 Å². The fourth-order valence-electron chi connectivity index (χ4n) is 2.60. The summed E-state index contributed by atoms with van der Waals surface area (Å²) in [6, 6.07) is 14.2. The van der Waals surface area contributed by atoms with E-state index in [9.17, 15) is 18.3 Å². The molecule has 0 radical (unpaired) electrons. The lowest BCUT2D eigenvalue weighted by Crippen LogP contribution is -2.49. The van der Waals surface area contributed by atoms with Gasteiger partial charge in [-0.3, -0.25) is 4.90 Å². The SMILES string of the molecule is CC(C)(C)N(C(=O)O)C(c1ccccc1Cl)S(=O)(=O)c1ccccc1. The monoisotopic (exact) mass is 381 g/mol. The van der Waals surface area contributed by atoms with Crippen LogP contribution in [0.4, 0.5) is 4.79 Å². The number of amides is 1. The van der Waals surface area contributed by atoms with Crippen molar-refractivity contribution < 1.29 is 18.3 Å². The third-order valence-corrected chi connectivity index (χ3v) is 6.03.